The molecule has 26 heavy (non-hydrogen) atoms. The van der Waals surface area contributed by atoms with Gasteiger partial charge in [-0.2, -0.15) is 0 Å². The number of benzene rings is 1. The van der Waals surface area contributed by atoms with E-state index in [-0.39, 0.29) is 24.5 Å². The molecule has 0 spiro atoms. The minimum Gasteiger partial charge on any atom is -0.490 e. The molecular formula is C18H29FN2O4S. The van der Waals surface area contributed by atoms with E-state index in [0.29, 0.717) is 31.1 Å². The molecule has 2 rings (SSSR count). The standard InChI is InChI=1S/C18H29FN2O4S/c1-3-18(22,13-21-26(23,24)10-4-9-20-2)15-7-8-16(19)17(11-15)25-12-14-5-6-14/h7-8,11,14,20-22H,3-6,9-10,12-13H2,1-2H3/t18-/m1/s1. The predicted octanol–water partition coefficient (Wildman–Crippen LogP) is 1.74. The highest BCUT2D eigenvalue weighted by Gasteiger charge is 2.30. The Morgan fingerprint density at radius 2 is 2.12 bits per heavy atom. The van der Waals surface area contributed by atoms with Gasteiger partial charge in [-0.3, -0.25) is 0 Å². The molecule has 0 heterocycles. The number of aliphatic hydroxyl groups is 1. The van der Waals surface area contributed by atoms with Crippen molar-refractivity contribution >= 4 is 10.0 Å². The lowest BCUT2D eigenvalue weighted by molar-refractivity contribution is 0.0376. The third-order valence-electron chi connectivity index (χ3n) is 4.65. The first-order chi connectivity index (χ1) is 12.3. The van der Waals surface area contributed by atoms with Crippen molar-refractivity contribution in [3.05, 3.63) is 29.6 Å². The molecule has 0 unspecified atom stereocenters. The van der Waals surface area contributed by atoms with Crippen LogP contribution in [-0.2, 0) is 15.6 Å². The summed E-state index contributed by atoms with van der Waals surface area (Å²) in [7, 11) is -1.73. The van der Waals surface area contributed by atoms with Gasteiger partial charge in [0.15, 0.2) is 11.6 Å². The third-order valence-corrected chi connectivity index (χ3v) is 6.06. The predicted molar refractivity (Wildman–Crippen MR) is 99.1 cm³/mol. The Hall–Kier alpha value is -1.22. The molecule has 0 aromatic heterocycles. The first kappa shape index (κ1) is 21.1. The lowest BCUT2D eigenvalue weighted by atomic mass is 9.91. The number of halogens is 1. The summed E-state index contributed by atoms with van der Waals surface area (Å²) < 4.78 is 46.1. The van der Waals surface area contributed by atoms with Crippen LogP contribution in [0.25, 0.3) is 0 Å². The molecule has 1 aromatic rings. The molecule has 1 aliphatic rings. The van der Waals surface area contributed by atoms with Crippen LogP contribution in [0, 0.1) is 11.7 Å². The molecule has 1 fully saturated rings. The molecule has 6 nitrogen and oxygen atoms in total. The number of sulfonamides is 1. The third kappa shape index (κ3) is 6.19. The fourth-order valence-corrected chi connectivity index (χ4v) is 3.69. The van der Waals surface area contributed by atoms with Crippen molar-refractivity contribution in [2.75, 3.05) is 32.5 Å². The van der Waals surface area contributed by atoms with Crippen LogP contribution in [0.4, 0.5) is 4.39 Å². The summed E-state index contributed by atoms with van der Waals surface area (Å²) in [6.45, 7) is 2.64. The zero-order chi connectivity index (χ0) is 19.2. The van der Waals surface area contributed by atoms with Gasteiger partial charge in [-0.15, -0.1) is 0 Å². The summed E-state index contributed by atoms with van der Waals surface area (Å²) >= 11 is 0. The van der Waals surface area contributed by atoms with Gasteiger partial charge < -0.3 is 15.2 Å². The lowest BCUT2D eigenvalue weighted by Crippen LogP contribution is -2.41. The highest BCUT2D eigenvalue weighted by Crippen LogP contribution is 2.32. The Kier molecular flexibility index (Phi) is 7.40. The molecule has 1 atom stereocenters. The van der Waals surface area contributed by atoms with Crippen molar-refractivity contribution in [1.82, 2.24) is 10.0 Å². The van der Waals surface area contributed by atoms with Crippen LogP contribution in [-0.4, -0.2) is 46.0 Å². The minimum absolute atomic E-state index is 0.0210. The SMILES string of the molecule is CC[C@@](O)(CNS(=O)(=O)CCCNC)c1ccc(F)c(OCC2CC2)c1. The summed E-state index contributed by atoms with van der Waals surface area (Å²) in [6, 6.07) is 4.19. The fraction of sp³-hybridized carbons (Fsp3) is 0.667. The summed E-state index contributed by atoms with van der Waals surface area (Å²) in [6.07, 6.45) is 2.94. The Bertz CT molecular complexity index is 694. The van der Waals surface area contributed by atoms with Gasteiger partial charge in [-0.25, -0.2) is 17.5 Å². The zero-order valence-corrected chi connectivity index (χ0v) is 16.2. The van der Waals surface area contributed by atoms with Crippen LogP contribution in [0.15, 0.2) is 18.2 Å². The van der Waals surface area contributed by atoms with Crippen molar-refractivity contribution in [3.8, 4) is 5.75 Å². The smallest absolute Gasteiger partial charge is 0.211 e. The van der Waals surface area contributed by atoms with Crippen LogP contribution >= 0.6 is 0 Å². The zero-order valence-electron chi connectivity index (χ0n) is 15.4. The molecule has 0 amide bonds. The van der Waals surface area contributed by atoms with Gasteiger partial charge in [0.25, 0.3) is 0 Å². The molecule has 0 radical (unpaired) electrons. The lowest BCUT2D eigenvalue weighted by Gasteiger charge is -2.28. The molecular weight excluding hydrogens is 359 g/mol. The molecule has 0 saturated heterocycles. The van der Waals surface area contributed by atoms with Crippen molar-refractivity contribution in [3.63, 3.8) is 0 Å². The minimum atomic E-state index is -3.49. The molecule has 1 saturated carbocycles. The first-order valence-corrected chi connectivity index (χ1v) is 10.7. The first-order valence-electron chi connectivity index (χ1n) is 9.07. The number of ether oxygens (including phenoxy) is 1. The van der Waals surface area contributed by atoms with Crippen molar-refractivity contribution in [2.24, 2.45) is 5.92 Å². The van der Waals surface area contributed by atoms with Gasteiger partial charge in [0.2, 0.25) is 10.0 Å². The van der Waals surface area contributed by atoms with Crippen LogP contribution in [0.5, 0.6) is 5.75 Å². The average molecular weight is 389 g/mol. The topological polar surface area (TPSA) is 87.7 Å². The van der Waals surface area contributed by atoms with Crippen LogP contribution in [0.1, 0.15) is 38.2 Å². The van der Waals surface area contributed by atoms with Crippen LogP contribution < -0.4 is 14.8 Å². The van der Waals surface area contributed by atoms with E-state index in [9.17, 15) is 17.9 Å². The molecule has 1 aliphatic carbocycles. The van der Waals surface area contributed by atoms with Gasteiger partial charge in [-0.1, -0.05) is 13.0 Å². The van der Waals surface area contributed by atoms with Crippen molar-refractivity contribution < 1.29 is 22.7 Å². The summed E-state index contributed by atoms with van der Waals surface area (Å²) in [5, 5.41) is 13.8. The second kappa shape index (κ2) is 9.12. The maximum absolute atomic E-state index is 14.0. The highest BCUT2D eigenvalue weighted by atomic mass is 32.2. The van der Waals surface area contributed by atoms with Crippen LogP contribution in [0.2, 0.25) is 0 Å². The molecule has 8 heteroatoms. The second-order valence-corrected chi connectivity index (χ2v) is 8.81. The average Bonchev–Trinajstić information content (AvgIpc) is 3.43. The van der Waals surface area contributed by atoms with Gasteiger partial charge in [0.05, 0.1) is 12.4 Å². The van der Waals surface area contributed by atoms with Gasteiger partial charge in [0.1, 0.15) is 5.60 Å². The van der Waals surface area contributed by atoms with E-state index >= 15 is 0 Å². The van der Waals surface area contributed by atoms with E-state index in [4.69, 9.17) is 4.74 Å². The Morgan fingerprint density at radius 1 is 1.38 bits per heavy atom. The highest BCUT2D eigenvalue weighted by molar-refractivity contribution is 7.89. The van der Waals surface area contributed by atoms with E-state index in [2.05, 4.69) is 10.0 Å². The van der Waals surface area contributed by atoms with E-state index in [1.54, 1.807) is 14.0 Å². The van der Waals surface area contributed by atoms with Gasteiger partial charge in [-0.05, 0) is 62.9 Å². The number of hydrogen-bond acceptors (Lipinski definition) is 5. The molecule has 1 aromatic carbocycles. The Morgan fingerprint density at radius 3 is 2.73 bits per heavy atom. The van der Waals surface area contributed by atoms with Gasteiger partial charge in [0, 0.05) is 6.54 Å². The van der Waals surface area contributed by atoms with E-state index in [1.165, 1.54) is 18.2 Å². The monoisotopic (exact) mass is 388 g/mol. The van der Waals surface area contributed by atoms with E-state index in [0.717, 1.165) is 12.8 Å². The second-order valence-electron chi connectivity index (χ2n) is 6.88. The maximum atomic E-state index is 14.0. The maximum Gasteiger partial charge on any atom is 0.211 e. The molecule has 0 aliphatic heterocycles. The molecule has 148 valence electrons. The summed E-state index contributed by atoms with van der Waals surface area (Å²) in [5.74, 6) is 0.0680. The fourth-order valence-electron chi connectivity index (χ4n) is 2.57. The molecule has 0 bridgehead atoms. The van der Waals surface area contributed by atoms with Crippen molar-refractivity contribution in [2.45, 2.75) is 38.2 Å². The van der Waals surface area contributed by atoms with Crippen LogP contribution in [0.3, 0.4) is 0 Å². The van der Waals surface area contributed by atoms with E-state index < -0.39 is 21.4 Å². The van der Waals surface area contributed by atoms with Crippen molar-refractivity contribution in [1.29, 1.82) is 0 Å². The quantitative estimate of drug-likeness (QED) is 0.475. The Labute approximate surface area is 155 Å². The number of hydrogen-bond donors (Lipinski definition) is 3. The van der Waals surface area contributed by atoms with E-state index in [1.807, 2.05) is 0 Å². The largest absolute Gasteiger partial charge is 0.490 e. The Balaban J connectivity index is 2.05. The number of nitrogens with one attached hydrogen (secondary N) is 2. The number of rotatable bonds is 12. The molecule has 3 N–H and O–H groups in total. The summed E-state index contributed by atoms with van der Waals surface area (Å²) in [5.41, 5.74) is -0.994. The normalized spacial score (nSPS) is 17.1. The summed E-state index contributed by atoms with van der Waals surface area (Å²) in [4.78, 5) is 0. The van der Waals surface area contributed by atoms with Gasteiger partial charge >= 0.3 is 0 Å².